The zero-order valence-electron chi connectivity index (χ0n) is 17.5. The molecule has 8 nitrogen and oxygen atoms in total. The van der Waals surface area contributed by atoms with Crippen molar-refractivity contribution in [2.45, 2.75) is 19.4 Å². The Morgan fingerprint density at radius 2 is 1.88 bits per heavy atom. The Morgan fingerprint density at radius 1 is 1.03 bits per heavy atom. The van der Waals surface area contributed by atoms with Crippen molar-refractivity contribution in [3.8, 4) is 11.6 Å². The van der Waals surface area contributed by atoms with E-state index in [0.717, 1.165) is 54.8 Å². The highest BCUT2D eigenvalue weighted by molar-refractivity contribution is 5.92. The lowest BCUT2D eigenvalue weighted by Gasteiger charge is -2.31. The number of para-hydroxylation sites is 1. The second-order valence-electron chi connectivity index (χ2n) is 7.89. The zero-order valence-corrected chi connectivity index (χ0v) is 17.5. The Labute approximate surface area is 185 Å². The summed E-state index contributed by atoms with van der Waals surface area (Å²) >= 11 is 0. The molecule has 0 saturated carbocycles. The number of nitrogens with one attached hydrogen (secondary N) is 1. The summed E-state index contributed by atoms with van der Waals surface area (Å²) in [6.45, 7) is 2.47. The second kappa shape index (κ2) is 9.15. The molecule has 4 aromatic rings. The number of ether oxygens (including phenoxy) is 1. The summed E-state index contributed by atoms with van der Waals surface area (Å²) in [5, 5.41) is 10.9. The number of hydrogen-bond acceptors (Lipinski definition) is 7. The summed E-state index contributed by atoms with van der Waals surface area (Å²) in [4.78, 5) is 19.4. The van der Waals surface area contributed by atoms with Crippen LogP contribution in [0.4, 0.5) is 5.69 Å². The summed E-state index contributed by atoms with van der Waals surface area (Å²) < 4.78 is 10.5. The molecule has 3 heterocycles. The van der Waals surface area contributed by atoms with E-state index >= 15 is 0 Å². The van der Waals surface area contributed by atoms with Crippen molar-refractivity contribution in [3.63, 3.8) is 0 Å². The number of likely N-dealkylation sites (tertiary alicyclic amines) is 1. The first-order valence-electron chi connectivity index (χ1n) is 10.7. The summed E-state index contributed by atoms with van der Waals surface area (Å²) in [5.74, 6) is 1.22. The fraction of sp³-hybridized carbons (Fsp3) is 0.250. The summed E-state index contributed by atoms with van der Waals surface area (Å²) in [5.41, 5.74) is 3.34. The lowest BCUT2D eigenvalue weighted by atomic mass is 9.95. The number of benzene rings is 2. The molecule has 162 valence electrons. The highest BCUT2D eigenvalue weighted by atomic mass is 16.6. The molecule has 0 spiro atoms. The maximum atomic E-state index is 12.7. The topological polar surface area (TPSA) is 93.4 Å². The van der Waals surface area contributed by atoms with Gasteiger partial charge in [0, 0.05) is 18.5 Å². The van der Waals surface area contributed by atoms with Crippen molar-refractivity contribution in [1.29, 1.82) is 0 Å². The van der Waals surface area contributed by atoms with E-state index in [4.69, 9.17) is 9.37 Å². The molecule has 0 atom stereocenters. The SMILES string of the molecule is O=C(Nc1ccc(Oc2ccccc2)nc1)C1CCN(Cc2cccc3nonc23)CC1. The average molecular weight is 429 g/mol. The minimum atomic E-state index is -0.0176. The van der Waals surface area contributed by atoms with Crippen LogP contribution in [-0.2, 0) is 11.3 Å². The fourth-order valence-electron chi connectivity index (χ4n) is 3.95. The highest BCUT2D eigenvalue weighted by Crippen LogP contribution is 2.24. The first-order chi connectivity index (χ1) is 15.7. The average Bonchev–Trinajstić information content (AvgIpc) is 3.32. The van der Waals surface area contributed by atoms with Crippen molar-refractivity contribution < 1.29 is 14.2 Å². The molecular formula is C24H23N5O3. The number of anilines is 1. The van der Waals surface area contributed by atoms with E-state index in [1.165, 1.54) is 0 Å². The molecule has 1 fully saturated rings. The standard InChI is InChI=1S/C24H23N5O3/c30-24(26-19-9-10-22(25-15-19)31-20-6-2-1-3-7-20)17-11-13-29(14-12-17)16-18-5-4-8-21-23(18)28-32-27-21/h1-10,15,17H,11-14,16H2,(H,26,30). The predicted octanol–water partition coefficient (Wildman–Crippen LogP) is 4.26. The third-order valence-electron chi connectivity index (χ3n) is 5.69. The maximum Gasteiger partial charge on any atom is 0.227 e. The molecule has 5 rings (SSSR count). The van der Waals surface area contributed by atoms with Gasteiger partial charge in [-0.05, 0) is 66.1 Å². The van der Waals surface area contributed by atoms with Gasteiger partial charge < -0.3 is 10.1 Å². The second-order valence-corrected chi connectivity index (χ2v) is 7.89. The van der Waals surface area contributed by atoms with Gasteiger partial charge in [-0.2, -0.15) is 0 Å². The molecule has 1 amide bonds. The van der Waals surface area contributed by atoms with Crippen LogP contribution < -0.4 is 10.1 Å². The van der Waals surface area contributed by atoms with Crippen molar-refractivity contribution in [1.82, 2.24) is 20.2 Å². The Kier molecular flexibility index (Phi) is 5.76. The smallest absolute Gasteiger partial charge is 0.227 e. The first kappa shape index (κ1) is 20.1. The largest absolute Gasteiger partial charge is 0.439 e. The van der Waals surface area contributed by atoms with E-state index < -0.39 is 0 Å². The normalized spacial score (nSPS) is 15.0. The van der Waals surface area contributed by atoms with Crippen LogP contribution in [0.5, 0.6) is 11.6 Å². The van der Waals surface area contributed by atoms with Gasteiger partial charge in [-0.3, -0.25) is 9.69 Å². The molecule has 2 aromatic carbocycles. The van der Waals surface area contributed by atoms with Crippen LogP contribution >= 0.6 is 0 Å². The number of fused-ring (bicyclic) bond motifs is 1. The van der Waals surface area contributed by atoms with Crippen LogP contribution in [0, 0.1) is 5.92 Å². The molecule has 1 aliphatic heterocycles. The van der Waals surface area contributed by atoms with Gasteiger partial charge in [0.05, 0.1) is 11.9 Å². The third kappa shape index (κ3) is 4.60. The van der Waals surface area contributed by atoms with Gasteiger partial charge >= 0.3 is 0 Å². The number of rotatable bonds is 6. The molecule has 8 heteroatoms. The van der Waals surface area contributed by atoms with Gasteiger partial charge in [0.1, 0.15) is 16.8 Å². The molecule has 0 radical (unpaired) electrons. The maximum absolute atomic E-state index is 12.7. The Morgan fingerprint density at radius 3 is 2.66 bits per heavy atom. The van der Waals surface area contributed by atoms with Gasteiger partial charge in [-0.15, -0.1) is 0 Å². The third-order valence-corrected chi connectivity index (χ3v) is 5.69. The van der Waals surface area contributed by atoms with Crippen LogP contribution in [0.15, 0.2) is 71.5 Å². The Hall–Kier alpha value is -3.78. The summed E-state index contributed by atoms with van der Waals surface area (Å²) in [6.07, 6.45) is 3.24. The van der Waals surface area contributed by atoms with E-state index in [0.29, 0.717) is 11.6 Å². The van der Waals surface area contributed by atoms with Gasteiger partial charge in [0.25, 0.3) is 0 Å². The van der Waals surface area contributed by atoms with E-state index in [9.17, 15) is 4.79 Å². The lowest BCUT2D eigenvalue weighted by molar-refractivity contribution is -0.121. The molecule has 0 unspecified atom stereocenters. The molecule has 2 aromatic heterocycles. The first-order valence-corrected chi connectivity index (χ1v) is 10.7. The molecule has 1 N–H and O–H groups in total. The van der Waals surface area contributed by atoms with Gasteiger partial charge in [0.15, 0.2) is 0 Å². The predicted molar refractivity (Wildman–Crippen MR) is 119 cm³/mol. The zero-order chi connectivity index (χ0) is 21.8. The van der Waals surface area contributed by atoms with Crippen LogP contribution in [0.25, 0.3) is 11.0 Å². The minimum Gasteiger partial charge on any atom is -0.439 e. The van der Waals surface area contributed by atoms with Crippen molar-refractivity contribution in [2.75, 3.05) is 18.4 Å². The number of piperidine rings is 1. The Bertz CT molecular complexity index is 1190. The molecule has 0 aliphatic carbocycles. The molecule has 1 saturated heterocycles. The quantitative estimate of drug-likeness (QED) is 0.489. The fourth-order valence-corrected chi connectivity index (χ4v) is 3.95. The van der Waals surface area contributed by atoms with E-state index in [1.54, 1.807) is 12.3 Å². The van der Waals surface area contributed by atoms with Gasteiger partial charge in [-0.1, -0.05) is 30.3 Å². The Balaban J connectivity index is 1.12. The lowest BCUT2D eigenvalue weighted by Crippen LogP contribution is -2.37. The van der Waals surface area contributed by atoms with Crippen LogP contribution in [-0.4, -0.2) is 39.2 Å². The van der Waals surface area contributed by atoms with Crippen molar-refractivity contribution >= 4 is 22.6 Å². The number of hydrogen-bond donors (Lipinski definition) is 1. The summed E-state index contributed by atoms with van der Waals surface area (Å²) in [7, 11) is 0. The van der Waals surface area contributed by atoms with Crippen LogP contribution in [0.1, 0.15) is 18.4 Å². The van der Waals surface area contributed by atoms with E-state index in [-0.39, 0.29) is 11.8 Å². The van der Waals surface area contributed by atoms with Crippen molar-refractivity contribution in [2.24, 2.45) is 5.92 Å². The summed E-state index contributed by atoms with van der Waals surface area (Å²) in [6, 6.07) is 18.9. The van der Waals surface area contributed by atoms with E-state index in [1.807, 2.05) is 54.6 Å². The minimum absolute atomic E-state index is 0.0176. The number of carbonyl (C=O) groups excluding carboxylic acids is 1. The molecular weight excluding hydrogens is 406 g/mol. The van der Waals surface area contributed by atoms with Gasteiger partial charge in [-0.25, -0.2) is 9.61 Å². The number of nitrogens with zero attached hydrogens (tertiary/aromatic N) is 4. The molecule has 0 bridgehead atoms. The van der Waals surface area contributed by atoms with Gasteiger partial charge in [0.2, 0.25) is 11.8 Å². The number of aromatic nitrogens is 3. The molecule has 1 aliphatic rings. The monoisotopic (exact) mass is 429 g/mol. The van der Waals surface area contributed by atoms with E-state index in [2.05, 4.69) is 25.5 Å². The van der Waals surface area contributed by atoms with Crippen molar-refractivity contribution in [3.05, 3.63) is 72.4 Å². The number of pyridine rings is 1. The highest BCUT2D eigenvalue weighted by Gasteiger charge is 2.25. The van der Waals surface area contributed by atoms with Crippen LogP contribution in [0.3, 0.4) is 0 Å². The number of amides is 1. The van der Waals surface area contributed by atoms with Crippen LogP contribution in [0.2, 0.25) is 0 Å². The number of carbonyl (C=O) groups is 1. The molecule has 32 heavy (non-hydrogen) atoms.